The molecule has 3 aromatic rings. The summed E-state index contributed by atoms with van der Waals surface area (Å²) in [6.07, 6.45) is 1.85. The fraction of sp³-hybridized carbons (Fsp3) is 0.241. The monoisotopic (exact) mass is 486 g/mol. The van der Waals surface area contributed by atoms with E-state index in [0.29, 0.717) is 13.0 Å². The predicted molar refractivity (Wildman–Crippen MR) is 141 cm³/mol. The lowest BCUT2D eigenvalue weighted by atomic mass is 9.84. The van der Waals surface area contributed by atoms with E-state index < -0.39 is 16.7 Å². The van der Waals surface area contributed by atoms with Gasteiger partial charge in [-0.2, -0.15) is 0 Å². The average molecular weight is 487 g/mol. The van der Waals surface area contributed by atoms with E-state index in [1.165, 1.54) is 6.08 Å². The number of carbonyl (C=O) groups excluding carboxylic acids is 2. The molecule has 0 aliphatic carbocycles. The number of thioether (sulfide) groups is 1. The molecule has 2 unspecified atom stereocenters. The number of rotatable bonds is 9. The van der Waals surface area contributed by atoms with Crippen LogP contribution < -0.4 is 5.73 Å². The van der Waals surface area contributed by atoms with Crippen LogP contribution in [0.5, 0.6) is 0 Å². The zero-order chi connectivity index (χ0) is 24.7. The first kappa shape index (κ1) is 24.6. The second-order valence-corrected chi connectivity index (χ2v) is 10.1. The fourth-order valence-corrected chi connectivity index (χ4v) is 6.66. The van der Waals surface area contributed by atoms with Crippen LogP contribution in [-0.2, 0) is 14.3 Å². The van der Waals surface area contributed by atoms with E-state index >= 15 is 0 Å². The molecule has 1 aliphatic rings. The first-order chi connectivity index (χ1) is 17.0. The Kier molecular flexibility index (Phi) is 7.93. The van der Waals surface area contributed by atoms with Crippen LogP contribution in [0.4, 0.5) is 4.79 Å². The quantitative estimate of drug-likeness (QED) is 0.327. The van der Waals surface area contributed by atoms with E-state index in [0.717, 1.165) is 16.7 Å². The van der Waals surface area contributed by atoms with Gasteiger partial charge >= 0.3 is 6.09 Å². The van der Waals surface area contributed by atoms with Crippen LogP contribution in [0.25, 0.3) is 0 Å². The number of hydrogen-bond donors (Lipinski definition) is 1. The molecule has 35 heavy (non-hydrogen) atoms. The summed E-state index contributed by atoms with van der Waals surface area (Å²) < 4.78 is 4.82. The van der Waals surface area contributed by atoms with E-state index in [4.69, 9.17) is 10.5 Å². The maximum atomic E-state index is 12.8. The maximum Gasteiger partial charge on any atom is 0.410 e. The molecule has 0 saturated carbocycles. The van der Waals surface area contributed by atoms with Gasteiger partial charge in [0.05, 0.1) is 4.75 Å². The summed E-state index contributed by atoms with van der Waals surface area (Å²) in [4.78, 5) is 26.3. The van der Waals surface area contributed by atoms with Gasteiger partial charge in [0, 0.05) is 24.3 Å². The van der Waals surface area contributed by atoms with Gasteiger partial charge in [0.1, 0.15) is 6.61 Å². The van der Waals surface area contributed by atoms with Crippen LogP contribution in [0.3, 0.4) is 0 Å². The van der Waals surface area contributed by atoms with Crippen molar-refractivity contribution in [1.29, 1.82) is 0 Å². The third-order valence-corrected chi connectivity index (χ3v) is 7.99. The van der Waals surface area contributed by atoms with E-state index in [-0.39, 0.29) is 24.3 Å². The topological polar surface area (TPSA) is 72.6 Å². The molecule has 6 heteroatoms. The van der Waals surface area contributed by atoms with Gasteiger partial charge in [0.2, 0.25) is 5.91 Å². The van der Waals surface area contributed by atoms with Crippen molar-refractivity contribution in [2.75, 3.05) is 13.2 Å². The second kappa shape index (κ2) is 11.3. The standard InChI is InChI=1S/C29H30N2O3S/c1-2-18-34-28(33)31-21-26(19-25(31)20-27(30)32)35-29(22-12-6-3-7-13-22,23-14-8-4-9-15-23)24-16-10-5-11-17-24/h2-17,25-26H,1,18-21H2,(H2,30,32). The van der Waals surface area contributed by atoms with E-state index in [2.05, 4.69) is 79.4 Å². The largest absolute Gasteiger partial charge is 0.445 e. The number of primary amides is 1. The highest BCUT2D eigenvalue weighted by molar-refractivity contribution is 8.01. The summed E-state index contributed by atoms with van der Waals surface area (Å²) in [5, 5.41) is 0.0521. The summed E-state index contributed by atoms with van der Waals surface area (Å²) in [5.74, 6) is -0.428. The Morgan fingerprint density at radius 2 is 1.43 bits per heavy atom. The van der Waals surface area contributed by atoms with Crippen molar-refractivity contribution < 1.29 is 14.3 Å². The maximum absolute atomic E-state index is 12.8. The Labute approximate surface area is 211 Å². The van der Waals surface area contributed by atoms with Crippen molar-refractivity contribution in [2.45, 2.75) is 28.9 Å². The van der Waals surface area contributed by atoms with Gasteiger partial charge in [-0.1, -0.05) is 104 Å². The van der Waals surface area contributed by atoms with Crippen LogP contribution >= 0.6 is 11.8 Å². The smallest absolute Gasteiger partial charge is 0.410 e. The molecule has 1 saturated heterocycles. The Morgan fingerprint density at radius 1 is 0.943 bits per heavy atom. The van der Waals surface area contributed by atoms with Crippen LogP contribution in [0.1, 0.15) is 29.5 Å². The number of carbonyl (C=O) groups is 2. The Morgan fingerprint density at radius 3 is 1.86 bits per heavy atom. The minimum Gasteiger partial charge on any atom is -0.445 e. The lowest BCUT2D eigenvalue weighted by Crippen LogP contribution is -2.38. The van der Waals surface area contributed by atoms with Crippen molar-refractivity contribution >= 4 is 23.8 Å². The number of ether oxygens (including phenoxy) is 1. The number of benzene rings is 3. The molecule has 2 atom stereocenters. The zero-order valence-corrected chi connectivity index (χ0v) is 20.4. The van der Waals surface area contributed by atoms with E-state index in [1.54, 1.807) is 4.90 Å². The predicted octanol–water partition coefficient (Wildman–Crippen LogP) is 5.35. The highest BCUT2D eigenvalue weighted by Gasteiger charge is 2.44. The van der Waals surface area contributed by atoms with Crippen molar-refractivity contribution in [2.24, 2.45) is 5.73 Å². The van der Waals surface area contributed by atoms with E-state index in [1.807, 2.05) is 30.0 Å². The lowest BCUT2D eigenvalue weighted by Gasteiger charge is -2.37. The van der Waals surface area contributed by atoms with Gasteiger partial charge in [-0.05, 0) is 23.1 Å². The Balaban J connectivity index is 1.77. The fourth-order valence-electron chi connectivity index (χ4n) is 4.79. The third-order valence-electron chi connectivity index (χ3n) is 6.26. The molecule has 2 N–H and O–H groups in total. The molecule has 0 spiro atoms. The molecule has 1 fully saturated rings. The normalized spacial score (nSPS) is 17.7. The molecule has 5 nitrogen and oxygen atoms in total. The Hall–Kier alpha value is -3.51. The molecule has 0 bridgehead atoms. The molecule has 2 amide bonds. The number of nitrogens with zero attached hydrogens (tertiary/aromatic N) is 1. The molecule has 0 aromatic heterocycles. The van der Waals surface area contributed by atoms with Gasteiger partial charge < -0.3 is 15.4 Å². The summed E-state index contributed by atoms with van der Waals surface area (Å²) >= 11 is 1.81. The van der Waals surface area contributed by atoms with Crippen molar-refractivity contribution in [1.82, 2.24) is 4.90 Å². The lowest BCUT2D eigenvalue weighted by molar-refractivity contribution is -0.118. The van der Waals surface area contributed by atoms with E-state index in [9.17, 15) is 9.59 Å². The zero-order valence-electron chi connectivity index (χ0n) is 19.6. The van der Waals surface area contributed by atoms with Crippen molar-refractivity contribution in [3.63, 3.8) is 0 Å². The summed E-state index contributed by atoms with van der Waals surface area (Å²) in [6, 6.07) is 31.0. The number of amides is 2. The second-order valence-electron chi connectivity index (χ2n) is 8.60. The van der Waals surface area contributed by atoms with Gasteiger partial charge in [0.25, 0.3) is 0 Å². The van der Waals surface area contributed by atoms with Crippen LogP contribution in [0.2, 0.25) is 0 Å². The van der Waals surface area contributed by atoms with Crippen molar-refractivity contribution in [3.05, 3.63) is 120 Å². The molecule has 3 aromatic carbocycles. The highest BCUT2D eigenvalue weighted by atomic mass is 32.2. The molecule has 0 radical (unpaired) electrons. The Bertz CT molecular complexity index is 1040. The minimum absolute atomic E-state index is 0.0521. The molecule has 1 heterocycles. The summed E-state index contributed by atoms with van der Waals surface area (Å²) in [7, 11) is 0. The van der Waals surface area contributed by atoms with Crippen LogP contribution in [0, 0.1) is 0 Å². The van der Waals surface area contributed by atoms with Gasteiger partial charge in [-0.3, -0.25) is 4.79 Å². The van der Waals surface area contributed by atoms with Gasteiger partial charge in [-0.25, -0.2) is 4.79 Å². The first-order valence-corrected chi connectivity index (χ1v) is 12.6. The SMILES string of the molecule is C=CCOC(=O)N1CC(SC(c2ccccc2)(c2ccccc2)c2ccccc2)CC1CC(N)=O. The number of nitrogens with two attached hydrogens (primary N) is 1. The van der Waals surface area contributed by atoms with Crippen molar-refractivity contribution in [3.8, 4) is 0 Å². The summed E-state index contributed by atoms with van der Waals surface area (Å²) in [6.45, 7) is 4.21. The van der Waals surface area contributed by atoms with Crippen LogP contribution in [0.15, 0.2) is 104 Å². The number of likely N-dealkylation sites (tertiary alicyclic amines) is 1. The molecule has 4 rings (SSSR count). The van der Waals surface area contributed by atoms with Gasteiger partial charge in [0.15, 0.2) is 0 Å². The summed E-state index contributed by atoms with van der Waals surface area (Å²) in [5.41, 5.74) is 9.00. The van der Waals surface area contributed by atoms with Crippen LogP contribution in [-0.4, -0.2) is 41.3 Å². The third kappa shape index (κ3) is 5.43. The molecular formula is C29H30N2O3S. The van der Waals surface area contributed by atoms with Gasteiger partial charge in [-0.15, -0.1) is 11.8 Å². The first-order valence-electron chi connectivity index (χ1n) is 11.7. The highest BCUT2D eigenvalue weighted by Crippen LogP contribution is 2.52. The molecular weight excluding hydrogens is 456 g/mol. The molecule has 180 valence electrons. The average Bonchev–Trinajstić information content (AvgIpc) is 3.28. The molecule has 1 aliphatic heterocycles. The number of hydrogen-bond acceptors (Lipinski definition) is 4. The minimum atomic E-state index is -0.507.